The number of hydrogen-bond acceptors (Lipinski definition) is 3. The highest BCUT2D eigenvalue weighted by Gasteiger charge is 2.37. The average Bonchev–Trinajstić information content (AvgIpc) is 2.95. The van der Waals surface area contributed by atoms with Crippen LogP contribution in [0.25, 0.3) is 0 Å². The number of carbonyl (C=O) groups excluding carboxylic acids is 1. The van der Waals surface area contributed by atoms with Gasteiger partial charge in [-0.15, -0.1) is 0 Å². The Morgan fingerprint density at radius 3 is 2.71 bits per heavy atom. The maximum atomic E-state index is 12.2. The predicted molar refractivity (Wildman–Crippen MR) is 78.9 cm³/mol. The number of carboxylic acids is 1. The lowest BCUT2D eigenvalue weighted by molar-refractivity contribution is -0.145. The number of carbonyl (C=O) groups is 2. The van der Waals surface area contributed by atoms with E-state index in [1.165, 1.54) is 0 Å². The Morgan fingerprint density at radius 2 is 2.00 bits per heavy atom. The molecule has 1 aromatic rings. The highest BCUT2D eigenvalue weighted by Crippen LogP contribution is 2.32. The molecular formula is C16H21NO4. The topological polar surface area (TPSA) is 86.6 Å². The molecule has 0 unspecified atom stereocenters. The van der Waals surface area contributed by atoms with Crippen LogP contribution in [0.3, 0.4) is 0 Å². The van der Waals surface area contributed by atoms with Crippen LogP contribution >= 0.6 is 0 Å². The molecular weight excluding hydrogens is 270 g/mol. The van der Waals surface area contributed by atoms with Crippen LogP contribution in [0.15, 0.2) is 24.3 Å². The quantitative estimate of drug-likeness (QED) is 0.748. The van der Waals surface area contributed by atoms with Gasteiger partial charge in [0.1, 0.15) is 0 Å². The molecule has 5 heteroatoms. The van der Waals surface area contributed by atoms with E-state index in [9.17, 15) is 9.59 Å². The second-order valence-electron chi connectivity index (χ2n) is 5.50. The third-order valence-corrected chi connectivity index (χ3v) is 3.99. The summed E-state index contributed by atoms with van der Waals surface area (Å²) in [6, 6.07) is 7.47. The SMILES string of the molecule is O=C(O)[C@H]1CCC[C@H]1C(=O)Nc1cccc(CCCO)c1. The van der Waals surface area contributed by atoms with Crippen LogP contribution in [0.1, 0.15) is 31.2 Å². The van der Waals surface area contributed by atoms with Crippen molar-refractivity contribution in [2.45, 2.75) is 32.1 Å². The van der Waals surface area contributed by atoms with Gasteiger partial charge in [0.05, 0.1) is 11.8 Å². The molecule has 5 nitrogen and oxygen atoms in total. The van der Waals surface area contributed by atoms with Crippen LogP contribution in [-0.4, -0.2) is 28.7 Å². The zero-order chi connectivity index (χ0) is 15.2. The molecule has 114 valence electrons. The molecule has 0 saturated heterocycles. The van der Waals surface area contributed by atoms with Crippen molar-refractivity contribution < 1.29 is 19.8 Å². The molecule has 21 heavy (non-hydrogen) atoms. The summed E-state index contributed by atoms with van der Waals surface area (Å²) in [5, 5.41) is 20.8. The van der Waals surface area contributed by atoms with Gasteiger partial charge < -0.3 is 15.5 Å². The summed E-state index contributed by atoms with van der Waals surface area (Å²) in [5.41, 5.74) is 1.73. The summed E-state index contributed by atoms with van der Waals surface area (Å²) in [6.07, 6.45) is 3.42. The summed E-state index contributed by atoms with van der Waals surface area (Å²) in [4.78, 5) is 23.4. The molecule has 2 atom stereocenters. The van der Waals surface area contributed by atoms with Gasteiger partial charge in [0, 0.05) is 12.3 Å². The largest absolute Gasteiger partial charge is 0.481 e. The highest BCUT2D eigenvalue weighted by molar-refractivity contribution is 5.95. The molecule has 0 spiro atoms. The van der Waals surface area contributed by atoms with Crippen molar-refractivity contribution >= 4 is 17.6 Å². The van der Waals surface area contributed by atoms with E-state index in [4.69, 9.17) is 10.2 Å². The summed E-state index contributed by atoms with van der Waals surface area (Å²) >= 11 is 0. The van der Waals surface area contributed by atoms with E-state index < -0.39 is 17.8 Å². The Morgan fingerprint density at radius 1 is 1.24 bits per heavy atom. The van der Waals surface area contributed by atoms with Crippen LogP contribution in [0.4, 0.5) is 5.69 Å². The zero-order valence-corrected chi connectivity index (χ0v) is 11.9. The number of carboxylic acid groups (broad SMARTS) is 1. The van der Waals surface area contributed by atoms with Gasteiger partial charge in [-0.25, -0.2) is 0 Å². The number of nitrogens with one attached hydrogen (secondary N) is 1. The molecule has 1 saturated carbocycles. The molecule has 1 aromatic carbocycles. The lowest BCUT2D eigenvalue weighted by Crippen LogP contribution is -2.30. The van der Waals surface area contributed by atoms with Gasteiger partial charge in [0.25, 0.3) is 0 Å². The second kappa shape index (κ2) is 7.22. The average molecular weight is 291 g/mol. The fourth-order valence-corrected chi connectivity index (χ4v) is 2.89. The molecule has 1 fully saturated rings. The normalized spacial score (nSPS) is 21.2. The molecule has 1 aliphatic rings. The fourth-order valence-electron chi connectivity index (χ4n) is 2.89. The first-order chi connectivity index (χ1) is 10.1. The van der Waals surface area contributed by atoms with Crippen molar-refractivity contribution in [2.75, 3.05) is 11.9 Å². The van der Waals surface area contributed by atoms with E-state index in [0.717, 1.165) is 18.4 Å². The van der Waals surface area contributed by atoms with Gasteiger partial charge in [0.15, 0.2) is 0 Å². The number of aryl methyl sites for hydroxylation is 1. The summed E-state index contributed by atoms with van der Waals surface area (Å²) in [6.45, 7) is 0.138. The third kappa shape index (κ3) is 4.04. The molecule has 0 aromatic heterocycles. The molecule has 0 aliphatic heterocycles. The summed E-state index contributed by atoms with van der Waals surface area (Å²) in [5.74, 6) is -2.10. The first-order valence-corrected chi connectivity index (χ1v) is 7.35. The Kier molecular flexibility index (Phi) is 5.33. The van der Waals surface area contributed by atoms with Gasteiger partial charge >= 0.3 is 5.97 Å². The third-order valence-electron chi connectivity index (χ3n) is 3.99. The number of rotatable bonds is 6. The van der Waals surface area contributed by atoms with Crippen LogP contribution in [-0.2, 0) is 16.0 Å². The molecule has 1 aliphatic carbocycles. The van der Waals surface area contributed by atoms with Crippen LogP contribution in [0.2, 0.25) is 0 Å². The first kappa shape index (κ1) is 15.5. The Labute approximate surface area is 124 Å². The van der Waals surface area contributed by atoms with Gasteiger partial charge in [-0.05, 0) is 43.4 Å². The first-order valence-electron chi connectivity index (χ1n) is 7.35. The molecule has 0 bridgehead atoms. The number of aliphatic carboxylic acids is 1. The fraction of sp³-hybridized carbons (Fsp3) is 0.500. The Balaban J connectivity index is 2.00. The number of hydrogen-bond donors (Lipinski definition) is 3. The number of aliphatic hydroxyl groups is 1. The number of aliphatic hydroxyl groups excluding tert-OH is 1. The van der Waals surface area contributed by atoms with Gasteiger partial charge in [-0.3, -0.25) is 9.59 Å². The maximum Gasteiger partial charge on any atom is 0.307 e. The minimum absolute atomic E-state index is 0.138. The van der Waals surface area contributed by atoms with E-state index in [1.807, 2.05) is 18.2 Å². The van der Waals surface area contributed by atoms with Gasteiger partial charge in [0.2, 0.25) is 5.91 Å². The lowest BCUT2D eigenvalue weighted by atomic mass is 9.95. The van der Waals surface area contributed by atoms with Crippen molar-refractivity contribution in [3.05, 3.63) is 29.8 Å². The number of anilines is 1. The predicted octanol–water partition coefficient (Wildman–Crippen LogP) is 2.05. The van der Waals surface area contributed by atoms with Crippen LogP contribution < -0.4 is 5.32 Å². The van der Waals surface area contributed by atoms with Crippen LogP contribution in [0.5, 0.6) is 0 Å². The zero-order valence-electron chi connectivity index (χ0n) is 11.9. The Bertz CT molecular complexity index is 515. The van der Waals surface area contributed by atoms with Crippen molar-refractivity contribution in [3.63, 3.8) is 0 Å². The van der Waals surface area contributed by atoms with Gasteiger partial charge in [-0.2, -0.15) is 0 Å². The van der Waals surface area contributed by atoms with E-state index in [0.29, 0.717) is 24.9 Å². The van der Waals surface area contributed by atoms with Crippen molar-refractivity contribution in [2.24, 2.45) is 11.8 Å². The van der Waals surface area contributed by atoms with Crippen molar-refractivity contribution in [3.8, 4) is 0 Å². The maximum absolute atomic E-state index is 12.2. The van der Waals surface area contributed by atoms with Crippen LogP contribution in [0, 0.1) is 11.8 Å². The summed E-state index contributed by atoms with van der Waals surface area (Å²) in [7, 11) is 0. The monoisotopic (exact) mass is 291 g/mol. The van der Waals surface area contributed by atoms with E-state index in [2.05, 4.69) is 5.32 Å². The molecule has 0 heterocycles. The van der Waals surface area contributed by atoms with E-state index in [-0.39, 0.29) is 12.5 Å². The number of benzene rings is 1. The van der Waals surface area contributed by atoms with E-state index >= 15 is 0 Å². The minimum Gasteiger partial charge on any atom is -0.481 e. The highest BCUT2D eigenvalue weighted by atomic mass is 16.4. The van der Waals surface area contributed by atoms with Crippen molar-refractivity contribution in [1.29, 1.82) is 0 Å². The summed E-state index contributed by atoms with van der Waals surface area (Å²) < 4.78 is 0. The Hall–Kier alpha value is -1.88. The smallest absolute Gasteiger partial charge is 0.307 e. The van der Waals surface area contributed by atoms with Crippen molar-refractivity contribution in [1.82, 2.24) is 0 Å². The standard InChI is InChI=1S/C16H21NO4/c18-9-3-5-11-4-1-6-12(10-11)17-15(19)13-7-2-8-14(13)16(20)21/h1,4,6,10,13-14,18H,2-3,5,7-9H2,(H,17,19)(H,20,21)/t13-,14+/m1/s1. The molecule has 2 rings (SSSR count). The van der Waals surface area contributed by atoms with Gasteiger partial charge in [-0.1, -0.05) is 18.6 Å². The second-order valence-corrected chi connectivity index (χ2v) is 5.50. The minimum atomic E-state index is -0.885. The molecule has 1 amide bonds. The molecule has 3 N–H and O–H groups in total. The number of amides is 1. The molecule has 0 radical (unpaired) electrons. The lowest BCUT2D eigenvalue weighted by Gasteiger charge is -2.16. The van der Waals surface area contributed by atoms with E-state index in [1.54, 1.807) is 6.07 Å².